The van der Waals surface area contributed by atoms with Crippen LogP contribution in [0, 0.1) is 11.3 Å². The van der Waals surface area contributed by atoms with Crippen molar-refractivity contribution in [2.75, 3.05) is 26.2 Å². The molecule has 2 aliphatic rings. The van der Waals surface area contributed by atoms with Gasteiger partial charge in [-0.3, -0.25) is 9.80 Å². The summed E-state index contributed by atoms with van der Waals surface area (Å²) in [4.78, 5) is 4.84. The molecule has 0 spiro atoms. The van der Waals surface area contributed by atoms with Crippen molar-refractivity contribution in [2.24, 2.45) is 0 Å². The summed E-state index contributed by atoms with van der Waals surface area (Å²) in [7, 11) is 0. The second kappa shape index (κ2) is 5.32. The minimum absolute atomic E-state index is 0.217. The summed E-state index contributed by atoms with van der Waals surface area (Å²) in [6.07, 6.45) is 3.50. The molecule has 3 heteroatoms. The summed E-state index contributed by atoms with van der Waals surface area (Å²) < 4.78 is 0. The van der Waals surface area contributed by atoms with Crippen molar-refractivity contribution in [1.29, 1.82) is 5.26 Å². The summed E-state index contributed by atoms with van der Waals surface area (Å²) in [5.74, 6) is 0. The molecular weight excluding hydrogens is 234 g/mol. The van der Waals surface area contributed by atoms with Gasteiger partial charge in [-0.15, -0.1) is 0 Å². The number of benzene rings is 1. The average Bonchev–Trinajstić information content (AvgIpc) is 3.09. The lowest BCUT2D eigenvalue weighted by atomic mass is 9.99. The predicted molar refractivity (Wildman–Crippen MR) is 75.5 cm³/mol. The molecule has 2 saturated heterocycles. The van der Waals surface area contributed by atoms with Gasteiger partial charge in [0.1, 0.15) is 5.54 Å². The van der Waals surface area contributed by atoms with Crippen LogP contribution in [0.2, 0.25) is 0 Å². The van der Waals surface area contributed by atoms with E-state index in [0.29, 0.717) is 0 Å². The van der Waals surface area contributed by atoms with Gasteiger partial charge in [0.25, 0.3) is 0 Å². The first-order valence-electron chi connectivity index (χ1n) is 7.25. The highest BCUT2D eigenvalue weighted by Crippen LogP contribution is 2.31. The Balaban J connectivity index is 1.67. The van der Waals surface area contributed by atoms with Crippen molar-refractivity contribution in [3.05, 3.63) is 35.9 Å². The Kier molecular flexibility index (Phi) is 3.54. The van der Waals surface area contributed by atoms with Gasteiger partial charge in [0.15, 0.2) is 0 Å². The predicted octanol–water partition coefficient (Wildman–Crippen LogP) is 2.25. The van der Waals surface area contributed by atoms with Gasteiger partial charge in [0.2, 0.25) is 0 Å². The SMILES string of the molecule is N#CC1(N2CCCC2)CCN(Cc2ccccc2)C1. The first-order chi connectivity index (χ1) is 9.32. The van der Waals surface area contributed by atoms with Crippen LogP contribution in [-0.2, 0) is 6.54 Å². The zero-order valence-electron chi connectivity index (χ0n) is 11.4. The highest BCUT2D eigenvalue weighted by Gasteiger charge is 2.44. The van der Waals surface area contributed by atoms with Gasteiger partial charge < -0.3 is 0 Å². The lowest BCUT2D eigenvalue weighted by Crippen LogP contribution is -2.48. The monoisotopic (exact) mass is 255 g/mol. The highest BCUT2D eigenvalue weighted by atomic mass is 15.3. The largest absolute Gasteiger partial charge is 0.296 e. The molecular formula is C16H21N3. The van der Waals surface area contributed by atoms with Gasteiger partial charge >= 0.3 is 0 Å². The van der Waals surface area contributed by atoms with E-state index in [0.717, 1.165) is 39.1 Å². The Hall–Kier alpha value is -1.37. The molecule has 2 aliphatic heterocycles. The summed E-state index contributed by atoms with van der Waals surface area (Å²) in [5, 5.41) is 9.64. The van der Waals surface area contributed by atoms with Gasteiger partial charge in [-0.1, -0.05) is 30.3 Å². The molecule has 0 aromatic heterocycles. The second-order valence-corrected chi connectivity index (χ2v) is 5.78. The van der Waals surface area contributed by atoms with Crippen molar-refractivity contribution in [3.8, 4) is 6.07 Å². The Bertz CT molecular complexity index is 459. The van der Waals surface area contributed by atoms with E-state index in [4.69, 9.17) is 0 Å². The van der Waals surface area contributed by atoms with Crippen molar-refractivity contribution in [2.45, 2.75) is 31.3 Å². The third-order valence-electron chi connectivity index (χ3n) is 4.50. The number of hydrogen-bond acceptors (Lipinski definition) is 3. The van der Waals surface area contributed by atoms with E-state index in [-0.39, 0.29) is 5.54 Å². The van der Waals surface area contributed by atoms with Crippen LogP contribution in [0.4, 0.5) is 0 Å². The Morgan fingerprint density at radius 3 is 2.53 bits per heavy atom. The van der Waals surface area contributed by atoms with Crippen molar-refractivity contribution in [3.63, 3.8) is 0 Å². The standard InChI is InChI=1S/C16H21N3/c17-13-16(19-9-4-5-10-19)8-11-18(14-16)12-15-6-2-1-3-7-15/h1-3,6-7H,4-5,8-12,14H2. The zero-order chi connectivity index (χ0) is 13.1. The fraction of sp³-hybridized carbons (Fsp3) is 0.562. The zero-order valence-corrected chi connectivity index (χ0v) is 11.4. The lowest BCUT2D eigenvalue weighted by molar-refractivity contribution is 0.171. The van der Waals surface area contributed by atoms with Crippen LogP contribution >= 0.6 is 0 Å². The average molecular weight is 255 g/mol. The molecule has 1 aromatic rings. The van der Waals surface area contributed by atoms with Crippen molar-refractivity contribution in [1.82, 2.24) is 9.80 Å². The lowest BCUT2D eigenvalue weighted by Gasteiger charge is -2.32. The Morgan fingerprint density at radius 1 is 1.11 bits per heavy atom. The topological polar surface area (TPSA) is 30.3 Å². The molecule has 19 heavy (non-hydrogen) atoms. The van der Waals surface area contributed by atoms with E-state index in [1.165, 1.54) is 18.4 Å². The molecule has 0 bridgehead atoms. The van der Waals surface area contributed by atoms with Gasteiger partial charge in [-0.25, -0.2) is 0 Å². The summed E-state index contributed by atoms with van der Waals surface area (Å²) >= 11 is 0. The molecule has 1 aromatic carbocycles. The smallest absolute Gasteiger partial charge is 0.123 e. The van der Waals surface area contributed by atoms with Crippen molar-refractivity contribution >= 4 is 0 Å². The molecule has 0 radical (unpaired) electrons. The maximum Gasteiger partial charge on any atom is 0.123 e. The fourth-order valence-electron chi connectivity index (χ4n) is 3.41. The van der Waals surface area contributed by atoms with Crippen LogP contribution in [-0.4, -0.2) is 41.5 Å². The van der Waals surface area contributed by atoms with Crippen LogP contribution in [0.1, 0.15) is 24.8 Å². The molecule has 2 heterocycles. The number of hydrogen-bond donors (Lipinski definition) is 0. The first kappa shape index (κ1) is 12.7. The van der Waals surface area contributed by atoms with E-state index < -0.39 is 0 Å². The molecule has 3 rings (SSSR count). The van der Waals surface area contributed by atoms with Gasteiger partial charge in [-0.2, -0.15) is 5.26 Å². The Labute approximate surface area is 115 Å². The first-order valence-corrected chi connectivity index (χ1v) is 7.25. The molecule has 0 N–H and O–H groups in total. The number of nitriles is 1. The minimum Gasteiger partial charge on any atom is -0.296 e. The molecule has 100 valence electrons. The molecule has 2 fully saturated rings. The van der Waals surface area contributed by atoms with Crippen molar-refractivity contribution < 1.29 is 0 Å². The number of rotatable bonds is 3. The fourth-order valence-corrected chi connectivity index (χ4v) is 3.41. The van der Waals surface area contributed by atoms with E-state index >= 15 is 0 Å². The quantitative estimate of drug-likeness (QED) is 0.830. The molecule has 0 aliphatic carbocycles. The third-order valence-corrected chi connectivity index (χ3v) is 4.50. The van der Waals surface area contributed by atoms with Crippen LogP contribution in [0.5, 0.6) is 0 Å². The van der Waals surface area contributed by atoms with Crippen LogP contribution in [0.15, 0.2) is 30.3 Å². The molecule has 0 amide bonds. The number of likely N-dealkylation sites (tertiary alicyclic amines) is 2. The Morgan fingerprint density at radius 2 is 1.84 bits per heavy atom. The minimum atomic E-state index is -0.217. The second-order valence-electron chi connectivity index (χ2n) is 5.78. The maximum atomic E-state index is 9.64. The highest BCUT2D eigenvalue weighted by molar-refractivity contribution is 5.18. The molecule has 3 nitrogen and oxygen atoms in total. The van der Waals surface area contributed by atoms with E-state index in [1.807, 2.05) is 0 Å². The summed E-state index contributed by atoms with van der Waals surface area (Å²) in [5.41, 5.74) is 1.13. The molecule has 1 atom stereocenters. The van der Waals surface area contributed by atoms with Gasteiger partial charge in [0, 0.05) is 19.6 Å². The molecule has 1 unspecified atom stereocenters. The maximum absolute atomic E-state index is 9.64. The van der Waals surface area contributed by atoms with Crippen LogP contribution < -0.4 is 0 Å². The van der Waals surface area contributed by atoms with E-state index in [1.54, 1.807) is 0 Å². The molecule has 0 saturated carbocycles. The third kappa shape index (κ3) is 2.51. The number of nitrogens with zero attached hydrogens (tertiary/aromatic N) is 3. The summed E-state index contributed by atoms with van der Waals surface area (Å²) in [6, 6.07) is 13.2. The van der Waals surface area contributed by atoms with Gasteiger partial charge in [-0.05, 0) is 37.9 Å². The van der Waals surface area contributed by atoms with Crippen LogP contribution in [0.3, 0.4) is 0 Å². The summed E-state index contributed by atoms with van der Waals surface area (Å²) in [6.45, 7) is 5.12. The normalized spacial score (nSPS) is 28.6. The van der Waals surface area contributed by atoms with E-state index in [2.05, 4.69) is 46.2 Å². The van der Waals surface area contributed by atoms with Crippen LogP contribution in [0.25, 0.3) is 0 Å². The van der Waals surface area contributed by atoms with Gasteiger partial charge in [0.05, 0.1) is 6.07 Å². The van der Waals surface area contributed by atoms with E-state index in [9.17, 15) is 5.26 Å².